The van der Waals surface area contributed by atoms with E-state index in [4.69, 9.17) is 0 Å². The van der Waals surface area contributed by atoms with E-state index in [-0.39, 0.29) is 0 Å². The lowest BCUT2D eigenvalue weighted by atomic mass is 10.8. The molecule has 0 aromatic heterocycles. The molecule has 2 nitrogen and oxygen atoms in total. The normalized spacial score (nSPS) is 9.50. The highest BCUT2D eigenvalue weighted by Crippen LogP contribution is 1.46. The maximum Gasteiger partial charge on any atom is 0.0387 e. The van der Waals surface area contributed by atoms with Crippen LogP contribution < -0.4 is 0 Å². The lowest BCUT2D eigenvalue weighted by Crippen LogP contribution is -1.69. The first kappa shape index (κ1) is 10.3. The van der Waals surface area contributed by atoms with E-state index >= 15 is 0 Å². The van der Waals surface area contributed by atoms with E-state index in [1.807, 2.05) is 13.8 Å². The largest absolute Gasteiger partial charge is 0.295 e. The van der Waals surface area contributed by atoms with Gasteiger partial charge < -0.3 is 0 Å². The molecular formula is C6H14N2. The number of aliphatic imine (C=N–C) groups is 2. The van der Waals surface area contributed by atoms with Crippen molar-refractivity contribution >= 4 is 12.4 Å². The summed E-state index contributed by atoms with van der Waals surface area (Å²) in [6, 6.07) is 0. The number of nitrogens with zero attached hydrogens (tertiary/aromatic N) is 2. The smallest absolute Gasteiger partial charge is 0.0387 e. The predicted molar refractivity (Wildman–Crippen MR) is 40.2 cm³/mol. The van der Waals surface area contributed by atoms with Crippen LogP contribution in [0.1, 0.15) is 13.8 Å². The molecule has 0 aliphatic carbocycles. The van der Waals surface area contributed by atoms with Gasteiger partial charge in [0.15, 0.2) is 0 Å². The van der Waals surface area contributed by atoms with Crippen molar-refractivity contribution in [2.75, 3.05) is 14.1 Å². The van der Waals surface area contributed by atoms with Gasteiger partial charge in [0.1, 0.15) is 0 Å². The molecule has 0 spiro atoms. The van der Waals surface area contributed by atoms with Crippen molar-refractivity contribution < 1.29 is 0 Å². The summed E-state index contributed by atoms with van der Waals surface area (Å²) in [5.41, 5.74) is 0. The van der Waals surface area contributed by atoms with Crippen molar-refractivity contribution in [3.63, 3.8) is 0 Å². The van der Waals surface area contributed by atoms with E-state index in [1.165, 1.54) is 0 Å². The summed E-state index contributed by atoms with van der Waals surface area (Å²) in [6.45, 7) is 4.00. The third-order valence-corrected chi connectivity index (χ3v) is 0.365. The summed E-state index contributed by atoms with van der Waals surface area (Å²) >= 11 is 0. The second kappa shape index (κ2) is 16.2. The van der Waals surface area contributed by atoms with Gasteiger partial charge in [-0.3, -0.25) is 9.98 Å². The zero-order valence-electron chi connectivity index (χ0n) is 6.05. The second-order valence-electron chi connectivity index (χ2n) is 0.815. The van der Waals surface area contributed by atoms with Crippen molar-refractivity contribution in [2.45, 2.75) is 13.8 Å². The fourth-order valence-electron chi connectivity index (χ4n) is 0.133. The Morgan fingerprint density at radius 1 is 0.875 bits per heavy atom. The first-order chi connectivity index (χ1) is 3.91. The Morgan fingerprint density at radius 3 is 1.25 bits per heavy atom. The number of rotatable bonds is 1. The second-order valence-corrected chi connectivity index (χ2v) is 0.815. The molecule has 0 aromatic carbocycles. The van der Waals surface area contributed by atoms with E-state index in [1.54, 1.807) is 26.5 Å². The average molecular weight is 114 g/mol. The fourth-order valence-corrected chi connectivity index (χ4v) is 0.133. The molecule has 0 unspecified atom stereocenters. The van der Waals surface area contributed by atoms with Crippen molar-refractivity contribution in [1.29, 1.82) is 0 Å². The Balaban J connectivity index is 0. The summed E-state index contributed by atoms with van der Waals surface area (Å²) in [6.07, 6.45) is 3.28. The molecule has 8 heavy (non-hydrogen) atoms. The molecule has 0 heterocycles. The van der Waals surface area contributed by atoms with Gasteiger partial charge in [-0.25, -0.2) is 0 Å². The maximum absolute atomic E-state index is 3.65. The topological polar surface area (TPSA) is 24.7 Å². The molecule has 0 aliphatic heterocycles. The monoisotopic (exact) mass is 114 g/mol. The van der Waals surface area contributed by atoms with Crippen molar-refractivity contribution in [1.82, 2.24) is 0 Å². The molecule has 0 bridgehead atoms. The van der Waals surface area contributed by atoms with Crippen LogP contribution in [-0.2, 0) is 0 Å². The molecule has 2 heteroatoms. The van der Waals surface area contributed by atoms with Crippen LogP contribution in [0, 0.1) is 0 Å². The molecular weight excluding hydrogens is 100 g/mol. The van der Waals surface area contributed by atoms with E-state index in [9.17, 15) is 0 Å². The van der Waals surface area contributed by atoms with Gasteiger partial charge in [0.05, 0.1) is 0 Å². The standard InChI is InChI=1S/C4H8N2.C2H6/c1-5-3-4-6-2;1-2/h3-4H,1-2H3;1-2H3. The highest BCUT2D eigenvalue weighted by molar-refractivity contribution is 6.15. The van der Waals surface area contributed by atoms with Crippen LogP contribution in [-0.4, -0.2) is 26.5 Å². The lowest BCUT2D eigenvalue weighted by molar-refractivity contribution is 1.46. The molecule has 0 N–H and O–H groups in total. The maximum atomic E-state index is 3.65. The van der Waals surface area contributed by atoms with Gasteiger partial charge in [0.25, 0.3) is 0 Å². The Morgan fingerprint density at radius 2 is 1.12 bits per heavy atom. The minimum Gasteiger partial charge on any atom is -0.295 e. The fraction of sp³-hybridized carbons (Fsp3) is 0.667. The van der Waals surface area contributed by atoms with Crippen LogP contribution in [0.5, 0.6) is 0 Å². The molecule has 0 aromatic rings. The Hall–Kier alpha value is -0.660. The van der Waals surface area contributed by atoms with Gasteiger partial charge in [-0.15, -0.1) is 0 Å². The van der Waals surface area contributed by atoms with Crippen LogP contribution >= 0.6 is 0 Å². The summed E-state index contributed by atoms with van der Waals surface area (Å²) < 4.78 is 0. The van der Waals surface area contributed by atoms with Crippen LogP contribution in [0.15, 0.2) is 9.98 Å². The number of hydrogen-bond acceptors (Lipinski definition) is 2. The molecule has 0 rings (SSSR count). The number of hydrogen-bond donors (Lipinski definition) is 0. The van der Waals surface area contributed by atoms with Crippen molar-refractivity contribution in [2.24, 2.45) is 9.98 Å². The average Bonchev–Trinajstić information content (AvgIpc) is 1.88. The molecule has 48 valence electrons. The first-order valence-corrected chi connectivity index (χ1v) is 2.74. The van der Waals surface area contributed by atoms with Crippen LogP contribution in [0.3, 0.4) is 0 Å². The SMILES string of the molecule is CC.CN=CC=NC. The molecule has 0 atom stereocenters. The van der Waals surface area contributed by atoms with Gasteiger partial charge in [0.2, 0.25) is 0 Å². The van der Waals surface area contributed by atoms with Gasteiger partial charge in [-0.1, -0.05) is 13.8 Å². The highest BCUT2D eigenvalue weighted by atomic mass is 14.7. The molecule has 0 saturated heterocycles. The van der Waals surface area contributed by atoms with Gasteiger partial charge in [0, 0.05) is 26.5 Å². The van der Waals surface area contributed by atoms with Crippen LogP contribution in [0.2, 0.25) is 0 Å². The Bertz CT molecular complexity index is 54.9. The summed E-state index contributed by atoms with van der Waals surface area (Å²) in [5.74, 6) is 0. The van der Waals surface area contributed by atoms with Gasteiger partial charge in [-0.05, 0) is 0 Å². The molecule has 0 amide bonds. The molecule has 0 aliphatic rings. The lowest BCUT2D eigenvalue weighted by Gasteiger charge is -1.64. The minimum absolute atomic E-state index is 1.64. The van der Waals surface area contributed by atoms with Crippen LogP contribution in [0.25, 0.3) is 0 Å². The van der Waals surface area contributed by atoms with Gasteiger partial charge >= 0.3 is 0 Å². The minimum atomic E-state index is 1.64. The molecule has 0 fully saturated rings. The highest BCUT2D eigenvalue weighted by Gasteiger charge is 1.49. The quantitative estimate of drug-likeness (QED) is 0.460. The summed E-state index contributed by atoms with van der Waals surface area (Å²) in [5, 5.41) is 0. The van der Waals surface area contributed by atoms with E-state index < -0.39 is 0 Å². The predicted octanol–water partition coefficient (Wildman–Crippen LogP) is 1.41. The van der Waals surface area contributed by atoms with E-state index in [0.717, 1.165) is 0 Å². The third kappa shape index (κ3) is 18.4. The van der Waals surface area contributed by atoms with Crippen molar-refractivity contribution in [3.05, 3.63) is 0 Å². The molecule has 0 radical (unpaired) electrons. The first-order valence-electron chi connectivity index (χ1n) is 2.74. The Labute approximate surface area is 51.4 Å². The van der Waals surface area contributed by atoms with E-state index in [2.05, 4.69) is 9.98 Å². The van der Waals surface area contributed by atoms with Gasteiger partial charge in [-0.2, -0.15) is 0 Å². The zero-order valence-corrected chi connectivity index (χ0v) is 6.05. The summed E-state index contributed by atoms with van der Waals surface area (Å²) in [7, 11) is 3.42. The zero-order chi connectivity index (χ0) is 6.83. The van der Waals surface area contributed by atoms with Crippen molar-refractivity contribution in [3.8, 4) is 0 Å². The third-order valence-electron chi connectivity index (χ3n) is 0.365. The van der Waals surface area contributed by atoms with E-state index in [0.29, 0.717) is 0 Å². The van der Waals surface area contributed by atoms with Crippen LogP contribution in [0.4, 0.5) is 0 Å². The molecule has 0 saturated carbocycles. The summed E-state index contributed by atoms with van der Waals surface area (Å²) in [4.78, 5) is 7.30. The Kier molecular flexibility index (Phi) is 21.0.